The number of carbonyl (C=O) groups is 1. The fourth-order valence-electron chi connectivity index (χ4n) is 5.86. The van der Waals surface area contributed by atoms with Crippen molar-refractivity contribution in [3.63, 3.8) is 0 Å². The van der Waals surface area contributed by atoms with E-state index in [0.717, 1.165) is 17.4 Å². The summed E-state index contributed by atoms with van der Waals surface area (Å²) in [6, 6.07) is 9.40. The van der Waals surface area contributed by atoms with E-state index in [9.17, 15) is 9.90 Å². The highest BCUT2D eigenvalue weighted by molar-refractivity contribution is 5.75. The van der Waals surface area contributed by atoms with Crippen LogP contribution in [-0.4, -0.2) is 29.2 Å². The molecule has 23 heavy (non-hydrogen) atoms. The second kappa shape index (κ2) is 5.91. The summed E-state index contributed by atoms with van der Waals surface area (Å²) in [5.74, 6) is 2.34. The number of carboxylic acids is 1. The lowest BCUT2D eigenvalue weighted by atomic mass is 9.54. The summed E-state index contributed by atoms with van der Waals surface area (Å²) >= 11 is 0. The minimum Gasteiger partial charge on any atom is -0.480 e. The summed E-state index contributed by atoms with van der Waals surface area (Å²) in [7, 11) is 1.88. The van der Waals surface area contributed by atoms with Gasteiger partial charge in [-0.3, -0.25) is 10.2 Å². The summed E-state index contributed by atoms with van der Waals surface area (Å²) in [5, 5.41) is 12.0. The van der Waals surface area contributed by atoms with Crippen molar-refractivity contribution in [3.05, 3.63) is 35.9 Å². The third-order valence-electron chi connectivity index (χ3n) is 6.38. The number of carboxylic acid groups (broad SMARTS) is 1. The van der Waals surface area contributed by atoms with Crippen LogP contribution >= 0.6 is 0 Å². The molecular formula is C19H26N2O2. The molecule has 0 radical (unpaired) electrons. The molecule has 5 rings (SSSR count). The third-order valence-corrected chi connectivity index (χ3v) is 6.38. The lowest BCUT2D eigenvalue weighted by molar-refractivity contribution is -0.154. The summed E-state index contributed by atoms with van der Waals surface area (Å²) in [6.07, 6.45) is 6.57. The van der Waals surface area contributed by atoms with Crippen LogP contribution in [0.1, 0.15) is 43.7 Å². The Morgan fingerprint density at radius 3 is 2.13 bits per heavy atom. The Hall–Kier alpha value is -1.39. The van der Waals surface area contributed by atoms with E-state index in [2.05, 4.69) is 10.4 Å². The van der Waals surface area contributed by atoms with Gasteiger partial charge in [0.2, 0.25) is 0 Å². The molecular weight excluding hydrogens is 288 g/mol. The predicted molar refractivity (Wildman–Crippen MR) is 88.6 cm³/mol. The molecule has 0 aliphatic heterocycles. The highest BCUT2D eigenvalue weighted by Gasteiger charge is 2.51. The van der Waals surface area contributed by atoms with E-state index in [1.165, 1.54) is 32.1 Å². The molecule has 1 atom stereocenters. The van der Waals surface area contributed by atoms with Gasteiger partial charge in [-0.2, -0.15) is 0 Å². The van der Waals surface area contributed by atoms with Crippen molar-refractivity contribution in [2.24, 2.45) is 23.7 Å². The van der Waals surface area contributed by atoms with Gasteiger partial charge in [-0.15, -0.1) is 0 Å². The van der Waals surface area contributed by atoms with E-state index in [4.69, 9.17) is 0 Å². The number of hydrogen-bond donors (Lipinski definition) is 2. The molecule has 4 aliphatic carbocycles. The molecule has 0 heterocycles. The number of hydrogen-bond acceptors (Lipinski definition) is 3. The van der Waals surface area contributed by atoms with Gasteiger partial charge in [0.1, 0.15) is 6.04 Å². The molecule has 0 spiro atoms. The fraction of sp³-hybridized carbons (Fsp3) is 0.632. The summed E-state index contributed by atoms with van der Waals surface area (Å²) in [4.78, 5) is 12.1. The molecule has 4 aliphatic rings. The molecule has 2 N–H and O–H groups in total. The number of benzene rings is 1. The highest BCUT2D eigenvalue weighted by Crippen LogP contribution is 2.55. The molecule has 0 saturated heterocycles. The van der Waals surface area contributed by atoms with Gasteiger partial charge in [-0.05, 0) is 68.4 Å². The second-order valence-corrected chi connectivity index (χ2v) is 7.70. The zero-order valence-electron chi connectivity index (χ0n) is 13.7. The number of nitrogens with zero attached hydrogens (tertiary/aromatic N) is 1. The molecule has 4 saturated carbocycles. The van der Waals surface area contributed by atoms with Gasteiger partial charge in [0.05, 0.1) is 0 Å². The molecule has 4 heteroatoms. The Bertz CT molecular complexity index is 546. The summed E-state index contributed by atoms with van der Waals surface area (Å²) < 4.78 is 0. The lowest BCUT2D eigenvalue weighted by Gasteiger charge is -2.57. The summed E-state index contributed by atoms with van der Waals surface area (Å²) in [6.45, 7) is 0. The van der Waals surface area contributed by atoms with Crippen LogP contribution in [0, 0.1) is 23.7 Å². The summed E-state index contributed by atoms with van der Waals surface area (Å²) in [5.41, 5.74) is 4.13. The zero-order valence-corrected chi connectivity index (χ0v) is 13.7. The van der Waals surface area contributed by atoms with Crippen LogP contribution in [0.4, 0.5) is 0 Å². The molecule has 1 unspecified atom stereocenters. The highest BCUT2D eigenvalue weighted by atomic mass is 16.4. The van der Waals surface area contributed by atoms with Gasteiger partial charge in [0.15, 0.2) is 0 Å². The Kier molecular flexibility index (Phi) is 3.90. The quantitative estimate of drug-likeness (QED) is 0.820. The van der Waals surface area contributed by atoms with Crippen LogP contribution in [-0.2, 0) is 4.79 Å². The number of hydrazine groups is 1. The van der Waals surface area contributed by atoms with Crippen molar-refractivity contribution in [3.8, 4) is 0 Å². The van der Waals surface area contributed by atoms with E-state index in [1.54, 1.807) is 0 Å². The van der Waals surface area contributed by atoms with Crippen molar-refractivity contribution in [1.82, 2.24) is 10.4 Å². The maximum Gasteiger partial charge on any atom is 0.326 e. The maximum atomic E-state index is 12.1. The zero-order chi connectivity index (χ0) is 16.0. The van der Waals surface area contributed by atoms with Gasteiger partial charge in [-0.1, -0.05) is 30.3 Å². The largest absolute Gasteiger partial charge is 0.480 e. The number of rotatable bonds is 5. The fourth-order valence-corrected chi connectivity index (χ4v) is 5.86. The Labute approximate surface area is 137 Å². The Morgan fingerprint density at radius 1 is 1.09 bits per heavy atom. The third kappa shape index (κ3) is 2.58. The molecule has 124 valence electrons. The van der Waals surface area contributed by atoms with E-state index in [0.29, 0.717) is 17.9 Å². The van der Waals surface area contributed by atoms with Crippen LogP contribution in [0.2, 0.25) is 0 Å². The first-order valence-corrected chi connectivity index (χ1v) is 8.90. The van der Waals surface area contributed by atoms with E-state index in [1.807, 2.05) is 37.4 Å². The average molecular weight is 314 g/mol. The predicted octanol–water partition coefficient (Wildman–Crippen LogP) is 3.07. The Balaban J connectivity index is 1.66. The van der Waals surface area contributed by atoms with E-state index >= 15 is 0 Å². The maximum absolute atomic E-state index is 12.1. The second-order valence-electron chi connectivity index (χ2n) is 7.70. The molecule has 4 nitrogen and oxygen atoms in total. The van der Waals surface area contributed by atoms with Gasteiger partial charge >= 0.3 is 5.97 Å². The minimum atomic E-state index is -0.764. The first-order valence-electron chi connectivity index (χ1n) is 8.90. The SMILES string of the molecule is CNN(C(C(=O)O)c1ccccc1)C1C2CC3CC(C2)CC1C3. The van der Waals surface area contributed by atoms with Crippen molar-refractivity contribution in [1.29, 1.82) is 0 Å². The van der Waals surface area contributed by atoms with Gasteiger partial charge < -0.3 is 5.11 Å². The first kappa shape index (κ1) is 15.2. The van der Waals surface area contributed by atoms with Crippen molar-refractivity contribution >= 4 is 5.97 Å². The first-order chi connectivity index (χ1) is 11.2. The van der Waals surface area contributed by atoms with Gasteiger partial charge in [0.25, 0.3) is 0 Å². The molecule has 0 amide bonds. The van der Waals surface area contributed by atoms with Crippen LogP contribution in [0.15, 0.2) is 30.3 Å². The minimum absolute atomic E-state index is 0.356. The molecule has 0 aromatic heterocycles. The monoisotopic (exact) mass is 314 g/mol. The van der Waals surface area contributed by atoms with Gasteiger partial charge in [-0.25, -0.2) is 5.01 Å². The van der Waals surface area contributed by atoms with E-state index < -0.39 is 12.0 Å². The normalized spacial score (nSPS) is 36.3. The number of nitrogens with one attached hydrogen (secondary N) is 1. The van der Waals surface area contributed by atoms with Crippen molar-refractivity contribution in [2.45, 2.75) is 44.2 Å². The van der Waals surface area contributed by atoms with Crippen LogP contribution in [0.5, 0.6) is 0 Å². The van der Waals surface area contributed by atoms with Crippen molar-refractivity contribution < 1.29 is 9.90 Å². The topological polar surface area (TPSA) is 52.6 Å². The van der Waals surface area contributed by atoms with Gasteiger partial charge in [0, 0.05) is 6.04 Å². The molecule has 1 aromatic rings. The molecule has 1 aromatic carbocycles. The molecule has 4 bridgehead atoms. The molecule has 4 fully saturated rings. The van der Waals surface area contributed by atoms with Crippen LogP contribution < -0.4 is 5.43 Å². The Morgan fingerprint density at radius 2 is 1.65 bits per heavy atom. The lowest BCUT2D eigenvalue weighted by Crippen LogP contribution is -2.60. The average Bonchev–Trinajstić information content (AvgIpc) is 2.53. The number of aliphatic carboxylic acids is 1. The van der Waals surface area contributed by atoms with Crippen LogP contribution in [0.25, 0.3) is 0 Å². The smallest absolute Gasteiger partial charge is 0.326 e. The van der Waals surface area contributed by atoms with Crippen molar-refractivity contribution in [2.75, 3.05) is 7.05 Å². The standard InChI is InChI=1S/C19H26N2O2/c1-20-21(18(19(22)23)14-5-3-2-4-6-14)17-15-8-12-7-13(10-15)11-16(17)9-12/h2-6,12-13,15-18,20H,7-11H2,1H3,(H,22,23). The van der Waals surface area contributed by atoms with Crippen LogP contribution in [0.3, 0.4) is 0 Å². The van der Waals surface area contributed by atoms with E-state index in [-0.39, 0.29) is 0 Å².